The van der Waals surface area contributed by atoms with Crippen LogP contribution in [0, 0.1) is 0 Å². The monoisotopic (exact) mass is 300 g/mol. The molecule has 1 aromatic carbocycles. The number of carbonyl (C=O) groups is 2. The van der Waals surface area contributed by atoms with Crippen molar-refractivity contribution in [1.29, 1.82) is 0 Å². The van der Waals surface area contributed by atoms with Gasteiger partial charge in [-0.1, -0.05) is 35.0 Å². The molecule has 0 amide bonds. The third kappa shape index (κ3) is 3.85. The molecule has 4 nitrogen and oxygen atoms in total. The molecule has 2 N–H and O–H groups in total. The van der Waals surface area contributed by atoms with Crippen LogP contribution in [0.4, 0.5) is 0 Å². The van der Waals surface area contributed by atoms with Gasteiger partial charge < -0.3 is 10.2 Å². The molecule has 0 fully saturated rings. The highest BCUT2D eigenvalue weighted by Gasteiger charge is 2.32. The van der Waals surface area contributed by atoms with Crippen molar-refractivity contribution < 1.29 is 19.8 Å². The van der Waals surface area contributed by atoms with Crippen molar-refractivity contribution in [2.24, 2.45) is 0 Å². The van der Waals surface area contributed by atoms with Gasteiger partial charge in [-0.2, -0.15) is 0 Å². The Morgan fingerprint density at radius 2 is 1.53 bits per heavy atom. The lowest BCUT2D eigenvalue weighted by molar-refractivity contribution is -0.141. The number of hydrogen-bond donors (Lipinski definition) is 2. The zero-order valence-corrected chi connectivity index (χ0v) is 10.9. The Labute approximate surface area is 107 Å². The molecule has 0 bridgehead atoms. The third-order valence-corrected chi connectivity index (χ3v) is 3.15. The van der Waals surface area contributed by atoms with E-state index in [0.717, 1.165) is 4.47 Å². The number of aliphatic carboxylic acids is 2. The van der Waals surface area contributed by atoms with Crippen LogP contribution >= 0.6 is 15.9 Å². The highest BCUT2D eigenvalue weighted by molar-refractivity contribution is 9.10. The van der Waals surface area contributed by atoms with E-state index < -0.39 is 17.4 Å². The summed E-state index contributed by atoms with van der Waals surface area (Å²) in [7, 11) is 0. The SMILES string of the molecule is CC(CC(=O)O)(CC(=O)O)c1ccc(Br)cc1. The summed E-state index contributed by atoms with van der Waals surface area (Å²) in [5.41, 5.74) is -0.177. The zero-order chi connectivity index (χ0) is 13.1. The average Bonchev–Trinajstić information content (AvgIpc) is 2.15. The van der Waals surface area contributed by atoms with Crippen molar-refractivity contribution in [3.8, 4) is 0 Å². The maximum absolute atomic E-state index is 10.8. The van der Waals surface area contributed by atoms with E-state index in [-0.39, 0.29) is 12.8 Å². The second-order valence-electron chi connectivity index (χ2n) is 4.21. The number of hydrogen-bond acceptors (Lipinski definition) is 2. The fourth-order valence-electron chi connectivity index (χ4n) is 1.79. The Bertz CT molecular complexity index is 409. The Balaban J connectivity index is 3.08. The minimum Gasteiger partial charge on any atom is -0.481 e. The largest absolute Gasteiger partial charge is 0.481 e. The molecule has 0 unspecified atom stereocenters. The van der Waals surface area contributed by atoms with E-state index in [0.29, 0.717) is 5.56 Å². The van der Waals surface area contributed by atoms with Crippen molar-refractivity contribution >= 4 is 27.9 Å². The van der Waals surface area contributed by atoms with E-state index in [1.165, 1.54) is 0 Å². The van der Waals surface area contributed by atoms with Gasteiger partial charge >= 0.3 is 11.9 Å². The van der Waals surface area contributed by atoms with Crippen LogP contribution in [0.5, 0.6) is 0 Å². The molecular formula is C12H13BrO4. The minimum absolute atomic E-state index is 0.207. The average molecular weight is 301 g/mol. The van der Waals surface area contributed by atoms with Crippen LogP contribution < -0.4 is 0 Å². The summed E-state index contributed by atoms with van der Waals surface area (Å²) in [4.78, 5) is 21.7. The summed E-state index contributed by atoms with van der Waals surface area (Å²) < 4.78 is 0.870. The molecule has 0 saturated carbocycles. The second-order valence-corrected chi connectivity index (χ2v) is 5.12. The van der Waals surface area contributed by atoms with Crippen molar-refractivity contribution in [2.45, 2.75) is 25.2 Å². The second kappa shape index (κ2) is 5.31. The van der Waals surface area contributed by atoms with Crippen LogP contribution in [0.2, 0.25) is 0 Å². The maximum Gasteiger partial charge on any atom is 0.304 e. The molecule has 92 valence electrons. The molecule has 0 aliphatic rings. The first-order valence-electron chi connectivity index (χ1n) is 5.03. The number of carboxylic acids is 2. The van der Waals surface area contributed by atoms with E-state index in [2.05, 4.69) is 15.9 Å². The van der Waals surface area contributed by atoms with Gasteiger partial charge in [0.15, 0.2) is 0 Å². The molecule has 1 aromatic rings. The van der Waals surface area contributed by atoms with Gasteiger partial charge in [-0.25, -0.2) is 0 Å². The number of rotatable bonds is 5. The first-order chi connectivity index (χ1) is 7.83. The van der Waals surface area contributed by atoms with Gasteiger partial charge in [0.25, 0.3) is 0 Å². The predicted molar refractivity (Wildman–Crippen MR) is 66.0 cm³/mol. The molecule has 0 saturated heterocycles. The molecule has 0 heterocycles. The van der Waals surface area contributed by atoms with Crippen molar-refractivity contribution in [1.82, 2.24) is 0 Å². The molecule has 17 heavy (non-hydrogen) atoms. The van der Waals surface area contributed by atoms with Crippen LogP contribution in [0.3, 0.4) is 0 Å². The Hall–Kier alpha value is -1.36. The lowest BCUT2D eigenvalue weighted by Crippen LogP contribution is -2.28. The molecule has 1 rings (SSSR count). The normalized spacial score (nSPS) is 11.2. The summed E-state index contributed by atoms with van der Waals surface area (Å²) in [5, 5.41) is 17.8. The third-order valence-electron chi connectivity index (χ3n) is 2.62. The van der Waals surface area contributed by atoms with Crippen molar-refractivity contribution in [2.75, 3.05) is 0 Å². The fourth-order valence-corrected chi connectivity index (χ4v) is 2.05. The van der Waals surface area contributed by atoms with Crippen LogP contribution in [0.25, 0.3) is 0 Å². The first-order valence-corrected chi connectivity index (χ1v) is 5.82. The maximum atomic E-state index is 10.8. The highest BCUT2D eigenvalue weighted by atomic mass is 79.9. The fraction of sp³-hybridized carbons (Fsp3) is 0.333. The van der Waals surface area contributed by atoms with Crippen LogP contribution in [0.15, 0.2) is 28.7 Å². The predicted octanol–water partition coefficient (Wildman–Crippen LogP) is 2.66. The van der Waals surface area contributed by atoms with Gasteiger partial charge in [0.2, 0.25) is 0 Å². The van der Waals surface area contributed by atoms with E-state index >= 15 is 0 Å². The zero-order valence-electron chi connectivity index (χ0n) is 9.31. The van der Waals surface area contributed by atoms with E-state index in [9.17, 15) is 9.59 Å². The van der Waals surface area contributed by atoms with E-state index in [1.807, 2.05) is 0 Å². The number of carboxylic acid groups (broad SMARTS) is 2. The Morgan fingerprint density at radius 3 is 1.88 bits per heavy atom. The minimum atomic E-state index is -1.00. The summed E-state index contributed by atoms with van der Waals surface area (Å²) >= 11 is 3.28. The molecule has 0 aliphatic heterocycles. The number of benzene rings is 1. The van der Waals surface area contributed by atoms with Crippen LogP contribution in [-0.2, 0) is 15.0 Å². The first kappa shape index (κ1) is 13.7. The van der Waals surface area contributed by atoms with Crippen LogP contribution in [0.1, 0.15) is 25.3 Å². The molecular weight excluding hydrogens is 288 g/mol. The van der Waals surface area contributed by atoms with E-state index in [1.54, 1.807) is 31.2 Å². The molecule has 0 atom stereocenters. The summed E-state index contributed by atoms with van der Waals surface area (Å²) in [6.45, 7) is 1.65. The molecule has 5 heteroatoms. The van der Waals surface area contributed by atoms with Crippen molar-refractivity contribution in [3.63, 3.8) is 0 Å². The molecule has 0 aromatic heterocycles. The molecule has 0 spiro atoms. The van der Waals surface area contributed by atoms with Gasteiger partial charge in [-0.3, -0.25) is 9.59 Å². The smallest absolute Gasteiger partial charge is 0.304 e. The van der Waals surface area contributed by atoms with Crippen LogP contribution in [-0.4, -0.2) is 22.2 Å². The Kier molecular flexibility index (Phi) is 4.28. The number of halogens is 1. The standard InChI is InChI=1S/C12H13BrO4/c1-12(6-10(14)15,7-11(16)17)8-2-4-9(13)5-3-8/h2-5H,6-7H2,1H3,(H,14,15)(H,16,17). The van der Waals surface area contributed by atoms with Gasteiger partial charge in [0.1, 0.15) is 0 Å². The van der Waals surface area contributed by atoms with E-state index in [4.69, 9.17) is 10.2 Å². The molecule has 0 radical (unpaired) electrons. The summed E-state index contributed by atoms with van der Waals surface area (Å²) in [5.74, 6) is -2.01. The van der Waals surface area contributed by atoms with Gasteiger partial charge in [0, 0.05) is 9.89 Å². The van der Waals surface area contributed by atoms with Crippen molar-refractivity contribution in [3.05, 3.63) is 34.3 Å². The van der Waals surface area contributed by atoms with Gasteiger partial charge in [0.05, 0.1) is 12.8 Å². The topological polar surface area (TPSA) is 74.6 Å². The molecule has 0 aliphatic carbocycles. The highest BCUT2D eigenvalue weighted by Crippen LogP contribution is 2.32. The lowest BCUT2D eigenvalue weighted by Gasteiger charge is -2.26. The van der Waals surface area contributed by atoms with Gasteiger partial charge in [-0.05, 0) is 17.7 Å². The Morgan fingerprint density at radius 1 is 1.12 bits per heavy atom. The summed E-state index contributed by atoms with van der Waals surface area (Å²) in [6, 6.07) is 7.04. The lowest BCUT2D eigenvalue weighted by atomic mass is 9.77. The summed E-state index contributed by atoms with van der Waals surface area (Å²) in [6.07, 6.45) is -0.415. The van der Waals surface area contributed by atoms with Gasteiger partial charge in [-0.15, -0.1) is 0 Å². The quantitative estimate of drug-likeness (QED) is 0.876.